The van der Waals surface area contributed by atoms with Crippen molar-refractivity contribution >= 4 is 50.4 Å². The number of amides is 1. The third-order valence-electron chi connectivity index (χ3n) is 4.49. The predicted octanol–water partition coefficient (Wildman–Crippen LogP) is 5.80. The third kappa shape index (κ3) is 3.70. The van der Waals surface area contributed by atoms with Crippen molar-refractivity contribution in [2.75, 3.05) is 11.9 Å². The minimum Gasteiger partial charge on any atom is -0.311 e. The van der Waals surface area contributed by atoms with Crippen LogP contribution in [-0.4, -0.2) is 22.9 Å². The van der Waals surface area contributed by atoms with Crippen molar-refractivity contribution in [3.05, 3.63) is 87.4 Å². The molecule has 1 heterocycles. The summed E-state index contributed by atoms with van der Waals surface area (Å²) >= 11 is 7.70. The smallest absolute Gasteiger partial charge is 0.270 e. The van der Waals surface area contributed by atoms with Gasteiger partial charge in [-0.2, -0.15) is 0 Å². The van der Waals surface area contributed by atoms with Crippen LogP contribution in [0.5, 0.6) is 0 Å². The molecule has 0 aliphatic heterocycles. The van der Waals surface area contributed by atoms with Gasteiger partial charge in [0.2, 0.25) is 0 Å². The summed E-state index contributed by atoms with van der Waals surface area (Å²) in [5.74, 6) is -0.425. The number of fused-ring (bicyclic) bond motifs is 1. The van der Waals surface area contributed by atoms with Crippen LogP contribution in [0.25, 0.3) is 20.8 Å². The number of aromatic nitrogens is 1. The summed E-state index contributed by atoms with van der Waals surface area (Å²) in [6.07, 6.45) is 0. The van der Waals surface area contributed by atoms with Gasteiger partial charge in [-0.1, -0.05) is 23.7 Å². The zero-order valence-corrected chi connectivity index (χ0v) is 16.8. The molecule has 6 nitrogen and oxygen atoms in total. The largest absolute Gasteiger partial charge is 0.311 e. The zero-order valence-electron chi connectivity index (χ0n) is 15.2. The summed E-state index contributed by atoms with van der Waals surface area (Å²) in [5, 5.41) is 12.1. The first-order valence-corrected chi connectivity index (χ1v) is 9.81. The van der Waals surface area contributed by atoms with E-state index in [1.807, 2.05) is 48.5 Å². The molecular weight excluding hydrogens is 410 g/mol. The van der Waals surface area contributed by atoms with Gasteiger partial charge in [0.05, 0.1) is 25.7 Å². The van der Waals surface area contributed by atoms with E-state index in [0.717, 1.165) is 20.8 Å². The number of rotatable bonds is 4. The number of non-ortho nitro benzene ring substituents is 1. The molecule has 3 aromatic carbocycles. The molecule has 8 heteroatoms. The van der Waals surface area contributed by atoms with Crippen LogP contribution < -0.4 is 4.90 Å². The van der Waals surface area contributed by atoms with E-state index < -0.39 is 10.8 Å². The number of benzene rings is 3. The fourth-order valence-corrected chi connectivity index (χ4v) is 4.08. The van der Waals surface area contributed by atoms with Crippen LogP contribution in [0.1, 0.15) is 10.4 Å². The minimum absolute atomic E-state index is 0.0821. The van der Waals surface area contributed by atoms with Crippen LogP contribution in [0.2, 0.25) is 5.02 Å². The monoisotopic (exact) mass is 423 g/mol. The first-order valence-electron chi connectivity index (χ1n) is 8.62. The molecule has 0 aliphatic carbocycles. The van der Waals surface area contributed by atoms with E-state index in [2.05, 4.69) is 4.98 Å². The summed E-state index contributed by atoms with van der Waals surface area (Å²) in [6.45, 7) is 0. The first kappa shape index (κ1) is 19.0. The van der Waals surface area contributed by atoms with Gasteiger partial charge in [0.1, 0.15) is 5.01 Å². The Morgan fingerprint density at radius 2 is 1.83 bits per heavy atom. The second-order valence-electron chi connectivity index (χ2n) is 6.32. The van der Waals surface area contributed by atoms with E-state index in [0.29, 0.717) is 5.69 Å². The van der Waals surface area contributed by atoms with E-state index in [4.69, 9.17) is 11.6 Å². The quantitative estimate of drug-likeness (QED) is 0.307. The van der Waals surface area contributed by atoms with Crippen LogP contribution >= 0.6 is 22.9 Å². The van der Waals surface area contributed by atoms with Gasteiger partial charge in [-0.25, -0.2) is 4.98 Å². The van der Waals surface area contributed by atoms with Gasteiger partial charge in [0, 0.05) is 30.4 Å². The number of anilines is 1. The Morgan fingerprint density at radius 1 is 1.10 bits per heavy atom. The Labute approximate surface area is 175 Å². The van der Waals surface area contributed by atoms with Crippen LogP contribution in [-0.2, 0) is 0 Å². The maximum atomic E-state index is 12.8. The lowest BCUT2D eigenvalue weighted by molar-refractivity contribution is -0.384. The third-order valence-corrected chi connectivity index (χ3v) is 5.91. The molecule has 0 spiro atoms. The van der Waals surface area contributed by atoms with E-state index in [1.54, 1.807) is 18.4 Å². The molecule has 4 rings (SSSR count). The second kappa shape index (κ2) is 7.62. The second-order valence-corrected chi connectivity index (χ2v) is 7.76. The number of thiazole rings is 1. The normalized spacial score (nSPS) is 10.8. The van der Waals surface area contributed by atoms with E-state index >= 15 is 0 Å². The van der Waals surface area contributed by atoms with Gasteiger partial charge >= 0.3 is 0 Å². The Hall–Kier alpha value is -3.29. The molecule has 0 unspecified atom stereocenters. The summed E-state index contributed by atoms with van der Waals surface area (Å²) in [4.78, 5) is 29.3. The molecule has 0 N–H and O–H groups in total. The number of carbonyl (C=O) groups excluding carboxylic acids is 1. The molecule has 1 amide bonds. The number of nitrogens with zero attached hydrogens (tertiary/aromatic N) is 3. The average Bonchev–Trinajstić information content (AvgIpc) is 3.17. The van der Waals surface area contributed by atoms with Crippen molar-refractivity contribution in [2.24, 2.45) is 0 Å². The molecule has 0 atom stereocenters. The van der Waals surface area contributed by atoms with Crippen molar-refractivity contribution in [1.82, 2.24) is 4.98 Å². The Kier molecular flexibility index (Phi) is 5.00. The maximum Gasteiger partial charge on any atom is 0.270 e. The van der Waals surface area contributed by atoms with Gasteiger partial charge < -0.3 is 4.90 Å². The average molecular weight is 424 g/mol. The lowest BCUT2D eigenvalue weighted by atomic mass is 10.1. The minimum atomic E-state index is -0.556. The molecule has 0 fully saturated rings. The number of para-hydroxylation sites is 1. The first-order chi connectivity index (χ1) is 13.9. The number of carbonyl (C=O) groups is 1. The Balaban J connectivity index is 1.61. The fraction of sp³-hybridized carbons (Fsp3) is 0.0476. The molecule has 4 aromatic rings. The Bertz CT molecular complexity index is 1200. The molecular formula is C21H14ClN3O3S. The van der Waals surface area contributed by atoms with E-state index in [9.17, 15) is 14.9 Å². The number of halogens is 1. The van der Waals surface area contributed by atoms with Crippen molar-refractivity contribution in [2.45, 2.75) is 0 Å². The van der Waals surface area contributed by atoms with Crippen LogP contribution in [0, 0.1) is 10.1 Å². The fourth-order valence-electron chi connectivity index (χ4n) is 2.91. The van der Waals surface area contributed by atoms with Gasteiger partial charge in [-0.15, -0.1) is 11.3 Å². The molecule has 0 saturated carbocycles. The van der Waals surface area contributed by atoms with Crippen LogP contribution in [0.3, 0.4) is 0 Å². The molecule has 0 saturated heterocycles. The Morgan fingerprint density at radius 3 is 2.52 bits per heavy atom. The van der Waals surface area contributed by atoms with Gasteiger partial charge in [-0.05, 0) is 42.5 Å². The van der Waals surface area contributed by atoms with Gasteiger partial charge in [-0.3, -0.25) is 14.9 Å². The topological polar surface area (TPSA) is 76.3 Å². The lowest BCUT2D eigenvalue weighted by Crippen LogP contribution is -2.26. The summed E-state index contributed by atoms with van der Waals surface area (Å²) in [7, 11) is 1.60. The molecule has 29 heavy (non-hydrogen) atoms. The summed E-state index contributed by atoms with van der Waals surface area (Å²) in [6, 6.07) is 19.2. The van der Waals surface area contributed by atoms with Crippen LogP contribution in [0.15, 0.2) is 66.7 Å². The van der Waals surface area contributed by atoms with Crippen molar-refractivity contribution < 1.29 is 9.72 Å². The molecule has 1 aromatic heterocycles. The molecule has 0 radical (unpaired) electrons. The van der Waals surface area contributed by atoms with Crippen molar-refractivity contribution in [3.8, 4) is 10.6 Å². The van der Waals surface area contributed by atoms with Gasteiger partial charge in [0.25, 0.3) is 11.6 Å². The zero-order chi connectivity index (χ0) is 20.5. The van der Waals surface area contributed by atoms with Crippen molar-refractivity contribution in [1.29, 1.82) is 0 Å². The van der Waals surface area contributed by atoms with Crippen LogP contribution in [0.4, 0.5) is 11.4 Å². The highest BCUT2D eigenvalue weighted by molar-refractivity contribution is 7.21. The van der Waals surface area contributed by atoms with Gasteiger partial charge in [0.15, 0.2) is 0 Å². The molecule has 0 bridgehead atoms. The molecule has 144 valence electrons. The maximum absolute atomic E-state index is 12.8. The molecule has 0 aliphatic rings. The summed E-state index contributed by atoms with van der Waals surface area (Å²) in [5.41, 5.74) is 2.44. The summed E-state index contributed by atoms with van der Waals surface area (Å²) < 4.78 is 1.11. The number of nitro benzene ring substituents is 1. The highest BCUT2D eigenvalue weighted by Crippen LogP contribution is 2.31. The lowest BCUT2D eigenvalue weighted by Gasteiger charge is -2.18. The standard InChI is InChI=1S/C21H14ClN3O3S/c1-24(21(26)16-12-15(25(27)28)10-11-17(16)22)14-8-6-13(7-9-14)20-23-18-4-2-3-5-19(18)29-20/h2-12H,1H3. The number of hydrogen-bond acceptors (Lipinski definition) is 5. The number of hydrogen-bond donors (Lipinski definition) is 0. The van der Waals surface area contributed by atoms with E-state index in [1.165, 1.54) is 23.1 Å². The highest BCUT2D eigenvalue weighted by atomic mass is 35.5. The highest BCUT2D eigenvalue weighted by Gasteiger charge is 2.20. The van der Waals surface area contributed by atoms with E-state index in [-0.39, 0.29) is 16.3 Å². The predicted molar refractivity (Wildman–Crippen MR) is 116 cm³/mol. The number of nitro groups is 1. The SMILES string of the molecule is CN(C(=O)c1cc([N+](=O)[O-])ccc1Cl)c1ccc(-c2nc3ccccc3s2)cc1. The van der Waals surface area contributed by atoms with Crippen molar-refractivity contribution in [3.63, 3.8) is 0 Å².